The Morgan fingerprint density at radius 2 is 1.95 bits per heavy atom. The number of carbonyl (C=O) groups is 1. The third-order valence-corrected chi connectivity index (χ3v) is 2.92. The minimum absolute atomic E-state index is 0.0258. The van der Waals surface area contributed by atoms with Gasteiger partial charge in [0.05, 0.1) is 6.61 Å². The molecule has 0 unspecified atom stereocenters. The van der Waals surface area contributed by atoms with Crippen molar-refractivity contribution in [1.82, 2.24) is 0 Å². The second-order valence-electron chi connectivity index (χ2n) is 4.55. The summed E-state index contributed by atoms with van der Waals surface area (Å²) in [6, 6.07) is 15.3. The van der Waals surface area contributed by atoms with E-state index in [1.165, 1.54) is 6.92 Å². The number of amides is 1. The molecule has 4 heteroatoms. The lowest BCUT2D eigenvalue weighted by atomic mass is 10.1. The first kappa shape index (κ1) is 14.1. The summed E-state index contributed by atoms with van der Waals surface area (Å²) in [5.41, 5.74) is 3.63. The lowest BCUT2D eigenvalue weighted by molar-refractivity contribution is -0.114. The van der Waals surface area contributed by atoms with E-state index in [9.17, 15) is 4.79 Å². The van der Waals surface area contributed by atoms with E-state index >= 15 is 0 Å². The lowest BCUT2D eigenvalue weighted by Crippen LogP contribution is -2.10. The first-order valence-electron chi connectivity index (χ1n) is 6.48. The van der Waals surface area contributed by atoms with Crippen LogP contribution in [-0.2, 0) is 17.9 Å². The van der Waals surface area contributed by atoms with Crippen molar-refractivity contribution < 1.29 is 9.90 Å². The molecule has 3 N–H and O–H groups in total. The van der Waals surface area contributed by atoms with Crippen molar-refractivity contribution in [2.45, 2.75) is 20.1 Å². The second kappa shape index (κ2) is 6.73. The number of para-hydroxylation sites is 1. The smallest absolute Gasteiger partial charge is 0.221 e. The van der Waals surface area contributed by atoms with Gasteiger partial charge in [0.1, 0.15) is 0 Å². The Morgan fingerprint density at radius 3 is 2.70 bits per heavy atom. The van der Waals surface area contributed by atoms with E-state index in [2.05, 4.69) is 10.6 Å². The molecule has 20 heavy (non-hydrogen) atoms. The van der Waals surface area contributed by atoms with E-state index in [0.717, 1.165) is 22.5 Å². The molecule has 0 aliphatic carbocycles. The summed E-state index contributed by atoms with van der Waals surface area (Å²) in [5.74, 6) is -0.0836. The van der Waals surface area contributed by atoms with Gasteiger partial charge in [-0.2, -0.15) is 0 Å². The topological polar surface area (TPSA) is 61.4 Å². The zero-order chi connectivity index (χ0) is 14.4. The first-order chi connectivity index (χ1) is 9.69. The number of benzene rings is 2. The fourth-order valence-electron chi connectivity index (χ4n) is 1.96. The van der Waals surface area contributed by atoms with Crippen LogP contribution in [0, 0.1) is 0 Å². The van der Waals surface area contributed by atoms with Gasteiger partial charge < -0.3 is 15.7 Å². The lowest BCUT2D eigenvalue weighted by Gasteiger charge is -2.12. The molecule has 104 valence electrons. The molecule has 2 aromatic carbocycles. The van der Waals surface area contributed by atoms with Crippen LogP contribution in [0.4, 0.5) is 11.4 Å². The average molecular weight is 270 g/mol. The third-order valence-electron chi connectivity index (χ3n) is 2.92. The number of rotatable bonds is 5. The van der Waals surface area contributed by atoms with Crippen LogP contribution in [0.2, 0.25) is 0 Å². The van der Waals surface area contributed by atoms with Gasteiger partial charge in [-0.1, -0.05) is 30.3 Å². The van der Waals surface area contributed by atoms with Gasteiger partial charge in [-0.25, -0.2) is 0 Å². The predicted octanol–water partition coefficient (Wildman–Crippen LogP) is 2.75. The number of hydrogen-bond acceptors (Lipinski definition) is 3. The quantitative estimate of drug-likeness (QED) is 0.783. The Morgan fingerprint density at radius 1 is 1.15 bits per heavy atom. The zero-order valence-corrected chi connectivity index (χ0v) is 11.4. The molecule has 1 amide bonds. The van der Waals surface area contributed by atoms with Gasteiger partial charge >= 0.3 is 0 Å². The summed E-state index contributed by atoms with van der Waals surface area (Å²) < 4.78 is 0. The van der Waals surface area contributed by atoms with Gasteiger partial charge in [-0.15, -0.1) is 0 Å². The highest BCUT2D eigenvalue weighted by molar-refractivity contribution is 5.89. The van der Waals surface area contributed by atoms with Gasteiger partial charge in [0.15, 0.2) is 0 Å². The Labute approximate surface area is 118 Å². The van der Waals surface area contributed by atoms with Crippen molar-refractivity contribution in [1.29, 1.82) is 0 Å². The van der Waals surface area contributed by atoms with Crippen LogP contribution in [0.1, 0.15) is 18.1 Å². The number of aliphatic hydroxyl groups is 1. The number of carbonyl (C=O) groups excluding carboxylic acids is 1. The molecule has 2 rings (SSSR count). The average Bonchev–Trinajstić information content (AvgIpc) is 2.46. The molecule has 0 radical (unpaired) electrons. The molecule has 0 fully saturated rings. The SMILES string of the molecule is CC(=O)Nc1ccccc1CNc1cccc(CO)c1. The van der Waals surface area contributed by atoms with E-state index < -0.39 is 0 Å². The van der Waals surface area contributed by atoms with Gasteiger partial charge in [-0.05, 0) is 29.3 Å². The number of aliphatic hydroxyl groups excluding tert-OH is 1. The highest BCUT2D eigenvalue weighted by atomic mass is 16.3. The van der Waals surface area contributed by atoms with Crippen molar-refractivity contribution >= 4 is 17.3 Å². The van der Waals surface area contributed by atoms with Crippen LogP contribution in [0.15, 0.2) is 48.5 Å². The molecule has 0 aromatic heterocycles. The Balaban J connectivity index is 2.08. The van der Waals surface area contributed by atoms with Crippen molar-refractivity contribution in [3.8, 4) is 0 Å². The van der Waals surface area contributed by atoms with Gasteiger partial charge in [0, 0.05) is 24.8 Å². The zero-order valence-electron chi connectivity index (χ0n) is 11.4. The summed E-state index contributed by atoms with van der Waals surface area (Å²) in [4.78, 5) is 11.2. The van der Waals surface area contributed by atoms with Crippen molar-refractivity contribution in [2.24, 2.45) is 0 Å². The molecule has 0 bridgehead atoms. The minimum Gasteiger partial charge on any atom is -0.392 e. The molecular formula is C16H18N2O2. The van der Waals surface area contributed by atoms with E-state index in [-0.39, 0.29) is 12.5 Å². The molecule has 0 saturated heterocycles. The van der Waals surface area contributed by atoms with Crippen LogP contribution < -0.4 is 10.6 Å². The minimum atomic E-state index is -0.0836. The molecule has 0 aliphatic heterocycles. The van der Waals surface area contributed by atoms with Crippen LogP contribution >= 0.6 is 0 Å². The normalized spacial score (nSPS) is 10.1. The maximum atomic E-state index is 11.2. The number of anilines is 2. The second-order valence-corrected chi connectivity index (χ2v) is 4.55. The molecule has 4 nitrogen and oxygen atoms in total. The summed E-state index contributed by atoms with van der Waals surface area (Å²) in [6.45, 7) is 2.12. The van der Waals surface area contributed by atoms with Crippen molar-refractivity contribution in [3.63, 3.8) is 0 Å². The van der Waals surface area contributed by atoms with Crippen molar-refractivity contribution in [2.75, 3.05) is 10.6 Å². The molecule has 0 atom stereocenters. The van der Waals surface area contributed by atoms with E-state index in [1.807, 2.05) is 48.5 Å². The monoisotopic (exact) mass is 270 g/mol. The standard InChI is InChI=1S/C16H18N2O2/c1-12(20)18-16-8-3-2-6-14(16)10-17-15-7-4-5-13(9-15)11-19/h2-9,17,19H,10-11H2,1H3,(H,18,20). The maximum absolute atomic E-state index is 11.2. The van der Waals surface area contributed by atoms with Crippen LogP contribution in [0.5, 0.6) is 0 Å². The van der Waals surface area contributed by atoms with E-state index in [1.54, 1.807) is 0 Å². The Kier molecular flexibility index (Phi) is 4.74. The highest BCUT2D eigenvalue weighted by Gasteiger charge is 2.03. The summed E-state index contributed by atoms with van der Waals surface area (Å²) in [6.07, 6.45) is 0. The summed E-state index contributed by atoms with van der Waals surface area (Å²) in [5, 5.41) is 15.2. The highest BCUT2D eigenvalue weighted by Crippen LogP contribution is 2.18. The molecular weight excluding hydrogens is 252 g/mol. The molecule has 2 aromatic rings. The fraction of sp³-hybridized carbons (Fsp3) is 0.188. The van der Waals surface area contributed by atoms with Crippen LogP contribution in [0.3, 0.4) is 0 Å². The van der Waals surface area contributed by atoms with Crippen LogP contribution in [-0.4, -0.2) is 11.0 Å². The maximum Gasteiger partial charge on any atom is 0.221 e. The molecule has 0 aliphatic rings. The molecule has 0 spiro atoms. The van der Waals surface area contributed by atoms with E-state index in [0.29, 0.717) is 6.54 Å². The third kappa shape index (κ3) is 3.83. The van der Waals surface area contributed by atoms with Gasteiger partial charge in [-0.3, -0.25) is 4.79 Å². The van der Waals surface area contributed by atoms with Crippen LogP contribution in [0.25, 0.3) is 0 Å². The Bertz CT molecular complexity index is 597. The summed E-state index contributed by atoms with van der Waals surface area (Å²) >= 11 is 0. The fourth-order valence-corrected chi connectivity index (χ4v) is 1.96. The molecule has 0 saturated carbocycles. The van der Waals surface area contributed by atoms with Gasteiger partial charge in [0.2, 0.25) is 5.91 Å². The molecule has 0 heterocycles. The van der Waals surface area contributed by atoms with E-state index in [4.69, 9.17) is 5.11 Å². The predicted molar refractivity (Wildman–Crippen MR) is 80.4 cm³/mol. The number of nitrogens with one attached hydrogen (secondary N) is 2. The largest absolute Gasteiger partial charge is 0.392 e. The Hall–Kier alpha value is -2.33. The number of hydrogen-bond donors (Lipinski definition) is 3. The first-order valence-corrected chi connectivity index (χ1v) is 6.48. The summed E-state index contributed by atoms with van der Waals surface area (Å²) in [7, 11) is 0. The van der Waals surface area contributed by atoms with Crippen molar-refractivity contribution in [3.05, 3.63) is 59.7 Å². The van der Waals surface area contributed by atoms with Gasteiger partial charge in [0.25, 0.3) is 0 Å².